The van der Waals surface area contributed by atoms with E-state index in [4.69, 9.17) is 4.74 Å². The first-order valence-electron chi connectivity index (χ1n) is 8.38. The minimum atomic E-state index is 0.0418. The van der Waals surface area contributed by atoms with Gasteiger partial charge in [0.2, 0.25) is 5.91 Å². The Labute approximate surface area is 147 Å². The second-order valence-corrected chi connectivity index (χ2v) is 6.17. The van der Waals surface area contributed by atoms with Crippen molar-refractivity contribution in [1.82, 2.24) is 14.9 Å². The molecule has 0 saturated heterocycles. The molecule has 5 heteroatoms. The second-order valence-electron chi connectivity index (χ2n) is 6.17. The Bertz CT molecular complexity index is 899. The van der Waals surface area contributed by atoms with E-state index in [0.29, 0.717) is 19.4 Å². The number of hydrogen-bond donors (Lipinski definition) is 1. The number of rotatable bonds is 6. The Kier molecular flexibility index (Phi) is 5.03. The number of fused-ring (bicyclic) bond motifs is 1. The van der Waals surface area contributed by atoms with Crippen LogP contribution in [0.1, 0.15) is 23.4 Å². The summed E-state index contributed by atoms with van der Waals surface area (Å²) in [5, 5.41) is 2.98. The lowest BCUT2D eigenvalue weighted by molar-refractivity contribution is -0.121. The minimum absolute atomic E-state index is 0.0418. The number of carbonyl (C=O) groups excluding carboxylic acids is 1. The molecule has 0 aliphatic carbocycles. The van der Waals surface area contributed by atoms with Crippen LogP contribution in [-0.2, 0) is 24.8 Å². The van der Waals surface area contributed by atoms with Gasteiger partial charge >= 0.3 is 0 Å². The largest absolute Gasteiger partial charge is 0.497 e. The number of nitrogens with zero attached hydrogens (tertiary/aromatic N) is 2. The van der Waals surface area contributed by atoms with Gasteiger partial charge in [0, 0.05) is 20.0 Å². The molecule has 0 spiro atoms. The zero-order valence-electron chi connectivity index (χ0n) is 14.9. The minimum Gasteiger partial charge on any atom is -0.497 e. The van der Waals surface area contributed by atoms with Crippen molar-refractivity contribution < 1.29 is 9.53 Å². The van der Waals surface area contributed by atoms with Gasteiger partial charge in [-0.15, -0.1) is 0 Å². The maximum absolute atomic E-state index is 12.1. The number of aryl methyl sites for hydroxylation is 3. The summed E-state index contributed by atoms with van der Waals surface area (Å²) in [5.74, 6) is 1.84. The highest BCUT2D eigenvalue weighted by Gasteiger charge is 2.07. The van der Waals surface area contributed by atoms with E-state index in [2.05, 4.69) is 14.9 Å². The average Bonchev–Trinajstić information content (AvgIpc) is 2.92. The van der Waals surface area contributed by atoms with E-state index < -0.39 is 0 Å². The standard InChI is InChI=1S/C20H23N3O2/c1-14-22-18-12-16(7-9-19(18)23(14)2)13-21-20(24)10-8-15-5-4-6-17(11-15)25-3/h4-7,9,11-12H,8,10,13H2,1-3H3,(H,21,24). The van der Waals surface area contributed by atoms with Crippen molar-refractivity contribution in [3.63, 3.8) is 0 Å². The van der Waals surface area contributed by atoms with Crippen LogP contribution in [0.5, 0.6) is 5.75 Å². The third-order valence-corrected chi connectivity index (χ3v) is 4.43. The molecule has 0 radical (unpaired) electrons. The van der Waals surface area contributed by atoms with Crippen molar-refractivity contribution in [3.05, 3.63) is 59.4 Å². The van der Waals surface area contributed by atoms with E-state index in [1.807, 2.05) is 56.4 Å². The number of benzene rings is 2. The van der Waals surface area contributed by atoms with Gasteiger partial charge in [0.05, 0.1) is 18.1 Å². The Morgan fingerprint density at radius 1 is 1.20 bits per heavy atom. The fourth-order valence-corrected chi connectivity index (χ4v) is 2.85. The van der Waals surface area contributed by atoms with E-state index >= 15 is 0 Å². The summed E-state index contributed by atoms with van der Waals surface area (Å²) in [4.78, 5) is 16.6. The number of aromatic nitrogens is 2. The van der Waals surface area contributed by atoms with Gasteiger partial charge in [0.25, 0.3) is 0 Å². The first-order valence-corrected chi connectivity index (χ1v) is 8.38. The number of amides is 1. The predicted octanol–water partition coefficient (Wildman–Crippen LogP) is 3.14. The van der Waals surface area contributed by atoms with Crippen LogP contribution in [0.3, 0.4) is 0 Å². The van der Waals surface area contributed by atoms with E-state index in [9.17, 15) is 4.79 Å². The topological polar surface area (TPSA) is 56.1 Å². The van der Waals surface area contributed by atoms with Crippen LogP contribution in [0.25, 0.3) is 11.0 Å². The van der Waals surface area contributed by atoms with Crippen molar-refractivity contribution in [3.8, 4) is 5.75 Å². The molecule has 0 bridgehead atoms. The summed E-state index contributed by atoms with van der Waals surface area (Å²) in [7, 11) is 3.65. The molecule has 25 heavy (non-hydrogen) atoms. The molecule has 1 aromatic heterocycles. The highest BCUT2D eigenvalue weighted by Crippen LogP contribution is 2.17. The third-order valence-electron chi connectivity index (χ3n) is 4.43. The summed E-state index contributed by atoms with van der Waals surface area (Å²) in [6.45, 7) is 2.50. The van der Waals surface area contributed by atoms with Crippen LogP contribution in [0.4, 0.5) is 0 Å². The average molecular weight is 337 g/mol. The molecule has 130 valence electrons. The van der Waals surface area contributed by atoms with Crippen LogP contribution in [0.2, 0.25) is 0 Å². The van der Waals surface area contributed by atoms with Gasteiger partial charge in [-0.1, -0.05) is 18.2 Å². The quantitative estimate of drug-likeness (QED) is 0.752. The first kappa shape index (κ1) is 17.0. The van der Waals surface area contributed by atoms with Crippen LogP contribution < -0.4 is 10.1 Å². The lowest BCUT2D eigenvalue weighted by atomic mass is 10.1. The number of imidazole rings is 1. The Morgan fingerprint density at radius 2 is 2.04 bits per heavy atom. The lowest BCUT2D eigenvalue weighted by Gasteiger charge is -2.07. The van der Waals surface area contributed by atoms with Crippen molar-refractivity contribution in [2.24, 2.45) is 7.05 Å². The molecule has 1 N–H and O–H groups in total. The fourth-order valence-electron chi connectivity index (χ4n) is 2.85. The van der Waals surface area contributed by atoms with E-state index in [-0.39, 0.29) is 5.91 Å². The van der Waals surface area contributed by atoms with Gasteiger partial charge in [-0.2, -0.15) is 0 Å². The van der Waals surface area contributed by atoms with Gasteiger partial charge in [-0.3, -0.25) is 4.79 Å². The van der Waals surface area contributed by atoms with E-state index in [1.165, 1.54) is 0 Å². The number of hydrogen-bond acceptors (Lipinski definition) is 3. The normalized spacial score (nSPS) is 10.8. The Morgan fingerprint density at radius 3 is 2.84 bits per heavy atom. The van der Waals surface area contributed by atoms with Crippen LogP contribution in [-0.4, -0.2) is 22.6 Å². The molecule has 3 rings (SSSR count). The monoisotopic (exact) mass is 337 g/mol. The smallest absolute Gasteiger partial charge is 0.220 e. The van der Waals surface area contributed by atoms with Crippen LogP contribution in [0, 0.1) is 6.92 Å². The molecule has 0 saturated carbocycles. The maximum Gasteiger partial charge on any atom is 0.220 e. The molecule has 0 unspecified atom stereocenters. The van der Waals surface area contributed by atoms with Crippen molar-refractivity contribution in [2.45, 2.75) is 26.3 Å². The number of methoxy groups -OCH3 is 1. The van der Waals surface area contributed by atoms with E-state index in [0.717, 1.165) is 33.7 Å². The molecule has 5 nitrogen and oxygen atoms in total. The number of nitrogens with one attached hydrogen (secondary N) is 1. The Balaban J connectivity index is 1.55. The molecular formula is C20H23N3O2. The number of carbonyl (C=O) groups is 1. The lowest BCUT2D eigenvalue weighted by Crippen LogP contribution is -2.23. The molecule has 3 aromatic rings. The van der Waals surface area contributed by atoms with Crippen LogP contribution in [0.15, 0.2) is 42.5 Å². The molecule has 0 aliphatic heterocycles. The van der Waals surface area contributed by atoms with Crippen molar-refractivity contribution in [1.29, 1.82) is 0 Å². The summed E-state index contributed by atoms with van der Waals surface area (Å²) >= 11 is 0. The van der Waals surface area contributed by atoms with Gasteiger partial charge in [-0.05, 0) is 48.7 Å². The number of ether oxygens (including phenoxy) is 1. The highest BCUT2D eigenvalue weighted by molar-refractivity contribution is 5.78. The van der Waals surface area contributed by atoms with Gasteiger partial charge in [-0.25, -0.2) is 4.98 Å². The highest BCUT2D eigenvalue weighted by atomic mass is 16.5. The zero-order chi connectivity index (χ0) is 17.8. The predicted molar refractivity (Wildman–Crippen MR) is 98.6 cm³/mol. The molecule has 2 aromatic carbocycles. The molecule has 0 fully saturated rings. The first-order chi connectivity index (χ1) is 12.1. The molecule has 1 heterocycles. The maximum atomic E-state index is 12.1. The third kappa shape index (κ3) is 3.99. The fraction of sp³-hybridized carbons (Fsp3) is 0.300. The Hall–Kier alpha value is -2.82. The summed E-state index contributed by atoms with van der Waals surface area (Å²) < 4.78 is 7.27. The van der Waals surface area contributed by atoms with E-state index in [1.54, 1.807) is 7.11 Å². The zero-order valence-corrected chi connectivity index (χ0v) is 14.9. The molecule has 0 atom stereocenters. The molecular weight excluding hydrogens is 314 g/mol. The van der Waals surface area contributed by atoms with Gasteiger partial charge in [0.1, 0.15) is 11.6 Å². The summed E-state index contributed by atoms with van der Waals surface area (Å²) in [5.41, 5.74) is 4.22. The molecule has 0 aliphatic rings. The van der Waals surface area contributed by atoms with Crippen LogP contribution >= 0.6 is 0 Å². The second kappa shape index (κ2) is 7.38. The summed E-state index contributed by atoms with van der Waals surface area (Å²) in [6, 6.07) is 13.9. The summed E-state index contributed by atoms with van der Waals surface area (Å²) in [6.07, 6.45) is 1.15. The van der Waals surface area contributed by atoms with Gasteiger partial charge < -0.3 is 14.6 Å². The SMILES string of the molecule is COc1cccc(CCC(=O)NCc2ccc3c(c2)nc(C)n3C)c1. The van der Waals surface area contributed by atoms with Crippen molar-refractivity contribution >= 4 is 16.9 Å². The van der Waals surface area contributed by atoms with Crippen molar-refractivity contribution in [2.75, 3.05) is 7.11 Å². The van der Waals surface area contributed by atoms with Gasteiger partial charge in [0.15, 0.2) is 0 Å². The molecule has 1 amide bonds.